The minimum atomic E-state index is -0.211. The fourth-order valence-electron chi connectivity index (χ4n) is 3.51. The Morgan fingerprint density at radius 2 is 2.04 bits per heavy atom. The van der Waals surface area contributed by atoms with Crippen molar-refractivity contribution in [2.45, 2.75) is 32.1 Å². The van der Waals surface area contributed by atoms with Gasteiger partial charge in [0, 0.05) is 12.0 Å². The van der Waals surface area contributed by atoms with Gasteiger partial charge in [-0.25, -0.2) is 0 Å². The molecule has 0 atom stereocenters. The van der Waals surface area contributed by atoms with Gasteiger partial charge in [-0.05, 0) is 37.5 Å². The summed E-state index contributed by atoms with van der Waals surface area (Å²) in [5.41, 5.74) is 10.1. The number of nitrogen functional groups attached to an aromatic ring is 1. The minimum Gasteiger partial charge on any atom is -0.495 e. The van der Waals surface area contributed by atoms with E-state index in [2.05, 4.69) is 16.4 Å². The van der Waals surface area contributed by atoms with E-state index < -0.39 is 0 Å². The highest BCUT2D eigenvalue weighted by Gasteiger charge is 2.24. The Bertz CT molecular complexity index is 981. The van der Waals surface area contributed by atoms with E-state index >= 15 is 0 Å². The molecule has 26 heavy (non-hydrogen) atoms. The number of aromatic nitrogens is 1. The van der Waals surface area contributed by atoms with E-state index in [0.717, 1.165) is 23.1 Å². The molecule has 1 aliphatic rings. The normalized spacial score (nSPS) is 13.9. The van der Waals surface area contributed by atoms with Crippen LogP contribution in [-0.4, -0.2) is 13.0 Å². The molecule has 0 fully saturated rings. The molecule has 6 heteroatoms. The third kappa shape index (κ3) is 3.01. The molecule has 0 saturated heterocycles. The zero-order chi connectivity index (χ0) is 18.1. The Balaban J connectivity index is 1.70. The predicted octanol–water partition coefficient (Wildman–Crippen LogP) is 3.83. The number of carbonyl (C=O) groups is 1. The zero-order valence-corrected chi connectivity index (χ0v) is 15.5. The molecule has 1 amide bonds. The van der Waals surface area contributed by atoms with Crippen molar-refractivity contribution in [1.82, 2.24) is 0 Å². The van der Waals surface area contributed by atoms with E-state index in [1.807, 2.05) is 24.3 Å². The van der Waals surface area contributed by atoms with E-state index in [4.69, 9.17) is 10.5 Å². The SMILES string of the molecule is COc1ccccc1NC(=O)c1sc2[nH+]c3c(cc2c1N)CCCCC3. The second kappa shape index (κ2) is 6.96. The monoisotopic (exact) mass is 368 g/mol. The maximum atomic E-state index is 12.8. The van der Waals surface area contributed by atoms with Crippen molar-refractivity contribution in [1.29, 1.82) is 0 Å². The number of methoxy groups -OCH3 is 1. The third-order valence-corrected chi connectivity index (χ3v) is 6.02. The van der Waals surface area contributed by atoms with Crippen molar-refractivity contribution in [3.05, 3.63) is 46.5 Å². The van der Waals surface area contributed by atoms with Crippen molar-refractivity contribution < 1.29 is 14.5 Å². The summed E-state index contributed by atoms with van der Waals surface area (Å²) in [6, 6.07) is 9.52. The van der Waals surface area contributed by atoms with Crippen LogP contribution in [0.4, 0.5) is 11.4 Å². The maximum Gasteiger partial charge on any atom is 0.270 e. The average Bonchev–Trinajstić information content (AvgIpc) is 2.82. The number of pyridine rings is 1. The van der Waals surface area contributed by atoms with Crippen LogP contribution < -0.4 is 20.8 Å². The predicted molar refractivity (Wildman–Crippen MR) is 105 cm³/mol. The molecule has 134 valence electrons. The lowest BCUT2D eigenvalue weighted by molar-refractivity contribution is -0.355. The van der Waals surface area contributed by atoms with Crippen LogP contribution in [-0.2, 0) is 12.8 Å². The lowest BCUT2D eigenvalue weighted by Gasteiger charge is -2.09. The number of para-hydroxylation sites is 2. The minimum absolute atomic E-state index is 0.211. The molecule has 0 saturated carbocycles. The van der Waals surface area contributed by atoms with Crippen LogP contribution in [0.3, 0.4) is 0 Å². The van der Waals surface area contributed by atoms with Gasteiger partial charge in [0.05, 0.1) is 23.9 Å². The Morgan fingerprint density at radius 3 is 2.88 bits per heavy atom. The highest BCUT2D eigenvalue weighted by Crippen LogP contribution is 2.34. The Kier molecular flexibility index (Phi) is 4.51. The lowest BCUT2D eigenvalue weighted by atomic mass is 10.1. The molecule has 2 aromatic heterocycles. The first-order chi connectivity index (χ1) is 12.7. The fraction of sp³-hybridized carbons (Fsp3) is 0.300. The van der Waals surface area contributed by atoms with Gasteiger partial charge < -0.3 is 15.8 Å². The molecule has 0 bridgehead atoms. The molecule has 0 aliphatic heterocycles. The number of carbonyl (C=O) groups excluding carboxylic acids is 1. The van der Waals surface area contributed by atoms with Gasteiger partial charge in [0.25, 0.3) is 10.7 Å². The standard InChI is InChI=1S/C20H21N3O2S/c1-25-16-10-6-5-9-15(16)22-19(24)18-17(21)13-11-12-7-3-2-4-8-14(12)23-20(13)26-18/h5-6,9-11H,2-4,7-8,21H2,1H3,(H,22,24)/p+1. The molecule has 4 N–H and O–H groups in total. The molecule has 3 aromatic rings. The molecule has 0 unspecified atom stereocenters. The number of fused-ring (bicyclic) bond motifs is 2. The number of aryl methyl sites for hydroxylation is 2. The number of ether oxygens (including phenoxy) is 1. The number of benzene rings is 1. The average molecular weight is 368 g/mol. The lowest BCUT2D eigenvalue weighted by Crippen LogP contribution is -2.13. The maximum absolute atomic E-state index is 12.8. The van der Waals surface area contributed by atoms with Gasteiger partial charge in [-0.1, -0.05) is 29.9 Å². The molecule has 2 heterocycles. The van der Waals surface area contributed by atoms with Gasteiger partial charge in [-0.15, -0.1) is 0 Å². The van der Waals surface area contributed by atoms with Gasteiger partial charge in [0.2, 0.25) is 0 Å². The smallest absolute Gasteiger partial charge is 0.270 e. The molecular formula is C20H22N3O2S+. The summed E-state index contributed by atoms with van der Waals surface area (Å²) in [7, 11) is 1.58. The number of rotatable bonds is 3. The number of H-pyrrole nitrogens is 1. The van der Waals surface area contributed by atoms with Gasteiger partial charge in [0.1, 0.15) is 10.6 Å². The van der Waals surface area contributed by atoms with Crippen LogP contribution in [0.15, 0.2) is 30.3 Å². The second-order valence-electron chi connectivity index (χ2n) is 6.58. The molecular weight excluding hydrogens is 346 g/mol. The van der Waals surface area contributed by atoms with Crippen molar-refractivity contribution in [3.63, 3.8) is 0 Å². The van der Waals surface area contributed by atoms with Crippen molar-refractivity contribution in [3.8, 4) is 5.75 Å². The Labute approximate surface area is 156 Å². The Hall–Kier alpha value is -2.60. The van der Waals surface area contributed by atoms with E-state index in [0.29, 0.717) is 22.0 Å². The molecule has 4 rings (SSSR count). The molecule has 0 spiro atoms. The van der Waals surface area contributed by atoms with Crippen molar-refractivity contribution in [2.75, 3.05) is 18.2 Å². The molecule has 1 aromatic carbocycles. The summed E-state index contributed by atoms with van der Waals surface area (Å²) < 4.78 is 5.30. The van der Waals surface area contributed by atoms with Gasteiger partial charge in [0.15, 0.2) is 5.69 Å². The number of nitrogens with one attached hydrogen (secondary N) is 2. The third-order valence-electron chi connectivity index (χ3n) is 4.89. The van der Waals surface area contributed by atoms with Gasteiger partial charge >= 0.3 is 0 Å². The van der Waals surface area contributed by atoms with E-state index in [9.17, 15) is 4.79 Å². The molecule has 5 nitrogen and oxygen atoms in total. The number of nitrogens with two attached hydrogens (primary N) is 1. The van der Waals surface area contributed by atoms with Crippen LogP contribution >= 0.6 is 11.3 Å². The van der Waals surface area contributed by atoms with Crippen molar-refractivity contribution in [2.24, 2.45) is 0 Å². The van der Waals surface area contributed by atoms with Crippen LogP contribution in [0.25, 0.3) is 10.2 Å². The summed E-state index contributed by atoms with van der Waals surface area (Å²) in [4.78, 5) is 17.8. The Morgan fingerprint density at radius 1 is 1.23 bits per heavy atom. The van der Waals surface area contributed by atoms with E-state index in [1.165, 1.54) is 41.9 Å². The fourth-order valence-corrected chi connectivity index (χ4v) is 4.53. The van der Waals surface area contributed by atoms with Crippen LogP contribution in [0.5, 0.6) is 5.75 Å². The van der Waals surface area contributed by atoms with Gasteiger partial charge in [-0.2, -0.15) is 4.98 Å². The number of thiophene rings is 1. The summed E-state index contributed by atoms with van der Waals surface area (Å²) in [5, 5.41) is 3.86. The highest BCUT2D eigenvalue weighted by atomic mass is 32.1. The zero-order valence-electron chi connectivity index (χ0n) is 14.7. The summed E-state index contributed by atoms with van der Waals surface area (Å²) >= 11 is 1.41. The number of hydrogen-bond donors (Lipinski definition) is 2. The van der Waals surface area contributed by atoms with Crippen LogP contribution in [0, 0.1) is 0 Å². The first-order valence-corrected chi connectivity index (χ1v) is 9.69. The number of amides is 1. The summed E-state index contributed by atoms with van der Waals surface area (Å²) in [5.74, 6) is 0.413. The quantitative estimate of drug-likeness (QED) is 0.690. The second-order valence-corrected chi connectivity index (χ2v) is 7.60. The van der Waals surface area contributed by atoms with Crippen LogP contribution in [0.2, 0.25) is 0 Å². The molecule has 1 aliphatic carbocycles. The van der Waals surface area contributed by atoms with E-state index in [1.54, 1.807) is 7.11 Å². The largest absolute Gasteiger partial charge is 0.495 e. The summed E-state index contributed by atoms with van der Waals surface area (Å²) in [6.07, 6.45) is 5.80. The topological polar surface area (TPSA) is 78.5 Å². The van der Waals surface area contributed by atoms with E-state index in [-0.39, 0.29) is 5.91 Å². The number of anilines is 2. The first kappa shape index (κ1) is 16.8. The summed E-state index contributed by atoms with van der Waals surface area (Å²) in [6.45, 7) is 0. The van der Waals surface area contributed by atoms with Gasteiger partial charge in [-0.3, -0.25) is 4.79 Å². The van der Waals surface area contributed by atoms with Crippen molar-refractivity contribution >= 4 is 38.8 Å². The number of hydrogen-bond acceptors (Lipinski definition) is 4. The van der Waals surface area contributed by atoms with Crippen LogP contribution in [0.1, 0.15) is 40.2 Å². The number of aromatic amines is 1. The molecule has 0 radical (unpaired) electrons. The highest BCUT2D eigenvalue weighted by molar-refractivity contribution is 7.20. The first-order valence-electron chi connectivity index (χ1n) is 8.88.